The fraction of sp³-hybridized carbons (Fsp3) is 0.375. The van der Waals surface area contributed by atoms with Gasteiger partial charge in [-0.15, -0.1) is 0 Å². The highest BCUT2D eigenvalue weighted by Crippen LogP contribution is 2.59. The molecule has 2 aliphatic rings. The quantitative estimate of drug-likeness (QED) is 0.785. The van der Waals surface area contributed by atoms with Crippen LogP contribution in [0.4, 0.5) is 0 Å². The standard InChI is InChI=1S/C16H17N/c1-11-16(9-15(16)10-17-11)14-7-6-12-4-2-3-5-13(12)8-14/h2-8,11,15,17H,9-10H2,1H3/t11?,15-,16+/m1/s1/i/hD. The number of benzene rings is 2. The molecule has 1 heteroatoms. The van der Waals surface area contributed by atoms with Gasteiger partial charge in [0.25, 0.3) is 0 Å². The second-order valence-electron chi connectivity index (χ2n) is 5.54. The van der Waals surface area contributed by atoms with Gasteiger partial charge in [0.2, 0.25) is 0 Å². The van der Waals surface area contributed by atoms with E-state index in [-0.39, 0.29) is 5.41 Å². The molecule has 17 heavy (non-hydrogen) atoms. The van der Waals surface area contributed by atoms with E-state index in [0.717, 1.165) is 6.54 Å². The molecule has 4 rings (SSSR count). The maximum atomic E-state index is 7.97. The topological polar surface area (TPSA) is 12.0 Å². The molecule has 86 valence electrons. The van der Waals surface area contributed by atoms with Crippen LogP contribution >= 0.6 is 0 Å². The molecule has 1 heterocycles. The monoisotopic (exact) mass is 224 g/mol. The normalized spacial score (nSPS) is 36.9. The minimum atomic E-state index is 0.270. The summed E-state index contributed by atoms with van der Waals surface area (Å²) in [6.45, 7) is 3.14. The van der Waals surface area contributed by atoms with E-state index in [1.54, 1.807) is 5.31 Å². The molecule has 0 aromatic heterocycles. The van der Waals surface area contributed by atoms with Crippen molar-refractivity contribution in [2.45, 2.75) is 24.8 Å². The summed E-state index contributed by atoms with van der Waals surface area (Å²) in [6.07, 6.45) is 1.27. The van der Waals surface area contributed by atoms with E-state index in [0.29, 0.717) is 12.0 Å². The summed E-state index contributed by atoms with van der Waals surface area (Å²) in [5, 5.41) is 4.40. The zero-order chi connectivity index (χ0) is 12.3. The summed E-state index contributed by atoms with van der Waals surface area (Å²) >= 11 is 0. The first-order chi connectivity index (χ1) is 8.72. The third kappa shape index (κ3) is 1.18. The van der Waals surface area contributed by atoms with Gasteiger partial charge in [-0.2, -0.15) is 0 Å². The Kier molecular flexibility index (Phi) is 1.59. The molecule has 2 aromatic carbocycles. The summed E-state index contributed by atoms with van der Waals surface area (Å²) in [7, 11) is 0. The third-order valence-electron chi connectivity index (χ3n) is 4.78. The van der Waals surface area contributed by atoms with Crippen LogP contribution in [0.1, 0.15) is 18.9 Å². The van der Waals surface area contributed by atoms with Gasteiger partial charge in [-0.25, -0.2) is 0 Å². The van der Waals surface area contributed by atoms with E-state index in [1.165, 1.54) is 22.8 Å². The molecule has 3 atom stereocenters. The molecule has 1 saturated carbocycles. The minimum absolute atomic E-state index is 0.270. The van der Waals surface area contributed by atoms with Gasteiger partial charge in [0.05, 0.1) is 0 Å². The van der Waals surface area contributed by atoms with Crippen LogP contribution in [0.15, 0.2) is 42.5 Å². The Morgan fingerprint density at radius 1 is 1.24 bits per heavy atom. The fourth-order valence-electron chi connectivity index (χ4n) is 3.61. The zero-order valence-electron chi connectivity index (χ0n) is 11.1. The van der Waals surface area contributed by atoms with Gasteiger partial charge in [0.15, 0.2) is 0 Å². The maximum Gasteiger partial charge on any atom is 0.123 e. The Bertz CT molecular complexity index is 623. The van der Waals surface area contributed by atoms with E-state index in [1.807, 2.05) is 0 Å². The molecule has 0 amide bonds. The van der Waals surface area contributed by atoms with Gasteiger partial charge in [0.1, 0.15) is 1.41 Å². The largest absolute Gasteiger partial charge is 0.313 e. The lowest BCUT2D eigenvalue weighted by molar-refractivity contribution is 0.521. The van der Waals surface area contributed by atoms with Crippen molar-refractivity contribution >= 4 is 10.8 Å². The SMILES string of the molecule is [2H]N1C[C@H]2C[C@@]2(c2ccc3ccccc3c2)C1C. The number of piperidine rings is 1. The van der Waals surface area contributed by atoms with Crippen LogP contribution < -0.4 is 5.31 Å². The summed E-state index contributed by atoms with van der Waals surface area (Å²) in [6, 6.07) is 15.7. The van der Waals surface area contributed by atoms with Gasteiger partial charge < -0.3 is 5.31 Å². The van der Waals surface area contributed by atoms with Gasteiger partial charge >= 0.3 is 0 Å². The second kappa shape index (κ2) is 3.11. The van der Waals surface area contributed by atoms with Crippen LogP contribution in [-0.4, -0.2) is 12.6 Å². The molecule has 0 bridgehead atoms. The average Bonchev–Trinajstić information content (AvgIpc) is 3.06. The van der Waals surface area contributed by atoms with Crippen molar-refractivity contribution < 1.29 is 1.41 Å². The van der Waals surface area contributed by atoms with E-state index in [2.05, 4.69) is 49.4 Å². The van der Waals surface area contributed by atoms with Crippen molar-refractivity contribution in [3.05, 3.63) is 48.0 Å². The number of nitrogens with one attached hydrogen (secondary N) is 1. The van der Waals surface area contributed by atoms with E-state index in [4.69, 9.17) is 1.41 Å². The Labute approximate surface area is 103 Å². The van der Waals surface area contributed by atoms with Crippen molar-refractivity contribution in [1.29, 1.82) is 0 Å². The molecule has 1 unspecified atom stereocenters. The van der Waals surface area contributed by atoms with Crippen molar-refractivity contribution in [3.8, 4) is 0 Å². The lowest BCUT2D eigenvalue weighted by Gasteiger charge is -2.20. The van der Waals surface area contributed by atoms with Crippen molar-refractivity contribution in [1.82, 2.24) is 5.31 Å². The summed E-state index contributed by atoms with van der Waals surface area (Å²) in [5.41, 5.74) is 1.71. The highest BCUT2D eigenvalue weighted by molar-refractivity contribution is 5.83. The highest BCUT2D eigenvalue weighted by Gasteiger charge is 2.62. The molecular weight excluding hydrogens is 206 g/mol. The minimum Gasteiger partial charge on any atom is -0.313 e. The predicted octanol–water partition coefficient (Wildman–Crippen LogP) is 3.09. The van der Waals surface area contributed by atoms with Crippen molar-refractivity contribution in [3.63, 3.8) is 0 Å². The molecule has 1 saturated heterocycles. The Morgan fingerprint density at radius 2 is 2.06 bits per heavy atom. The smallest absolute Gasteiger partial charge is 0.123 e. The van der Waals surface area contributed by atoms with E-state index < -0.39 is 0 Å². The van der Waals surface area contributed by atoms with Gasteiger partial charge in [-0.05, 0) is 42.1 Å². The summed E-state index contributed by atoms with van der Waals surface area (Å²) < 4.78 is 7.97. The van der Waals surface area contributed by atoms with Gasteiger partial charge in [0, 0.05) is 11.5 Å². The molecule has 0 spiro atoms. The van der Waals surface area contributed by atoms with E-state index >= 15 is 0 Å². The molecule has 1 N–H and O–H groups in total. The molecule has 1 aliphatic carbocycles. The highest BCUT2D eigenvalue weighted by atomic mass is 15.0. The van der Waals surface area contributed by atoms with Crippen LogP contribution in [0.2, 0.25) is 1.41 Å². The predicted molar refractivity (Wildman–Crippen MR) is 71.2 cm³/mol. The van der Waals surface area contributed by atoms with Crippen molar-refractivity contribution in [2.24, 2.45) is 5.92 Å². The number of rotatable bonds is 1. The molecular formula is C16H17N. The lowest BCUT2D eigenvalue weighted by atomic mass is 9.87. The first-order valence-electron chi connectivity index (χ1n) is 6.91. The van der Waals surface area contributed by atoms with Crippen LogP contribution in [-0.2, 0) is 5.41 Å². The van der Waals surface area contributed by atoms with Crippen LogP contribution in [0.3, 0.4) is 0 Å². The maximum absolute atomic E-state index is 7.97. The van der Waals surface area contributed by atoms with Gasteiger partial charge in [-0.1, -0.05) is 42.5 Å². The number of hydrogen-bond acceptors (Lipinski definition) is 1. The Morgan fingerprint density at radius 3 is 2.82 bits per heavy atom. The third-order valence-corrected chi connectivity index (χ3v) is 4.78. The van der Waals surface area contributed by atoms with Crippen LogP contribution in [0, 0.1) is 5.92 Å². The average molecular weight is 224 g/mol. The summed E-state index contributed by atoms with van der Waals surface area (Å²) in [4.78, 5) is 0. The molecule has 2 aromatic rings. The molecule has 2 fully saturated rings. The van der Waals surface area contributed by atoms with Crippen LogP contribution in [0.25, 0.3) is 10.8 Å². The number of hydrogen-bond donors (Lipinski definition) is 1. The zero-order valence-corrected chi connectivity index (χ0v) is 10.1. The Hall–Kier alpha value is -1.34. The first-order valence-corrected chi connectivity index (χ1v) is 6.46. The van der Waals surface area contributed by atoms with E-state index in [9.17, 15) is 0 Å². The number of fused-ring (bicyclic) bond motifs is 2. The first kappa shape index (κ1) is 8.71. The molecule has 1 nitrogen and oxygen atoms in total. The fourth-order valence-corrected chi connectivity index (χ4v) is 3.61. The lowest BCUT2D eigenvalue weighted by Crippen LogP contribution is -2.31. The summed E-state index contributed by atoms with van der Waals surface area (Å²) in [5.74, 6) is 0.700. The Balaban J connectivity index is 1.84. The molecule has 1 aliphatic heterocycles. The van der Waals surface area contributed by atoms with Crippen LogP contribution in [0.5, 0.6) is 0 Å². The van der Waals surface area contributed by atoms with Gasteiger partial charge in [-0.3, -0.25) is 0 Å². The molecule has 0 radical (unpaired) electrons. The second-order valence-corrected chi connectivity index (χ2v) is 5.54. The van der Waals surface area contributed by atoms with Crippen molar-refractivity contribution in [2.75, 3.05) is 6.54 Å².